The Morgan fingerprint density at radius 2 is 1.93 bits per heavy atom. The molecule has 28 heavy (non-hydrogen) atoms. The van der Waals surface area contributed by atoms with Crippen LogP contribution in [-0.2, 0) is 11.4 Å². The van der Waals surface area contributed by atoms with Crippen molar-refractivity contribution in [1.82, 2.24) is 15.0 Å². The summed E-state index contributed by atoms with van der Waals surface area (Å²) in [6.07, 6.45) is 3.14. The topological polar surface area (TPSA) is 108 Å². The van der Waals surface area contributed by atoms with E-state index in [2.05, 4.69) is 15.0 Å². The lowest BCUT2D eigenvalue weighted by molar-refractivity contribution is -0.139. The van der Waals surface area contributed by atoms with Gasteiger partial charge in [-0.2, -0.15) is 0 Å². The molecule has 0 atom stereocenters. The zero-order valence-electron chi connectivity index (χ0n) is 14.6. The van der Waals surface area contributed by atoms with E-state index in [9.17, 15) is 4.79 Å². The molecular formula is C20H15N3O5. The molecule has 0 spiro atoms. The molecule has 0 saturated heterocycles. The van der Waals surface area contributed by atoms with E-state index in [0.717, 1.165) is 0 Å². The molecule has 0 amide bonds. The van der Waals surface area contributed by atoms with Gasteiger partial charge in [0.2, 0.25) is 5.89 Å². The molecule has 4 aromatic rings. The molecule has 0 aliphatic carbocycles. The summed E-state index contributed by atoms with van der Waals surface area (Å²) in [5.41, 5.74) is 2.65. The molecule has 0 bridgehead atoms. The molecule has 4 rings (SSSR count). The molecule has 140 valence electrons. The first-order chi connectivity index (χ1) is 13.7. The number of aliphatic carboxylic acids is 1. The fourth-order valence-electron chi connectivity index (χ4n) is 2.48. The second-order valence-electron chi connectivity index (χ2n) is 5.82. The van der Waals surface area contributed by atoms with Crippen LogP contribution in [0, 0.1) is 0 Å². The second kappa shape index (κ2) is 7.75. The van der Waals surface area contributed by atoms with Crippen molar-refractivity contribution in [3.05, 3.63) is 66.6 Å². The molecule has 8 heteroatoms. The Balaban J connectivity index is 1.43. The van der Waals surface area contributed by atoms with Crippen LogP contribution in [0.4, 0.5) is 0 Å². The van der Waals surface area contributed by atoms with Crippen LogP contribution < -0.4 is 9.47 Å². The summed E-state index contributed by atoms with van der Waals surface area (Å²) in [7, 11) is 0. The summed E-state index contributed by atoms with van der Waals surface area (Å²) in [5.74, 6) is 0.423. The highest BCUT2D eigenvalue weighted by Crippen LogP contribution is 2.26. The van der Waals surface area contributed by atoms with Crippen molar-refractivity contribution < 1.29 is 23.8 Å². The molecule has 0 aliphatic heterocycles. The molecule has 0 aliphatic rings. The highest BCUT2D eigenvalue weighted by molar-refractivity contribution is 5.77. The average molecular weight is 377 g/mol. The minimum absolute atomic E-state index is 0.246. The van der Waals surface area contributed by atoms with Gasteiger partial charge in [0.05, 0.1) is 11.9 Å². The van der Waals surface area contributed by atoms with Crippen molar-refractivity contribution >= 4 is 17.1 Å². The van der Waals surface area contributed by atoms with E-state index in [0.29, 0.717) is 39.9 Å². The van der Waals surface area contributed by atoms with Gasteiger partial charge in [0, 0.05) is 12.3 Å². The average Bonchev–Trinajstić information content (AvgIpc) is 3.15. The first-order valence-electron chi connectivity index (χ1n) is 8.42. The monoisotopic (exact) mass is 377 g/mol. The Morgan fingerprint density at radius 3 is 2.68 bits per heavy atom. The molecule has 0 radical (unpaired) electrons. The van der Waals surface area contributed by atoms with Gasteiger partial charge in [-0.25, -0.2) is 9.78 Å². The summed E-state index contributed by atoms with van der Waals surface area (Å²) in [5, 5.41) is 8.60. The smallest absolute Gasteiger partial charge is 0.341 e. The number of carboxylic acids is 1. The summed E-state index contributed by atoms with van der Waals surface area (Å²) < 4.78 is 16.5. The van der Waals surface area contributed by atoms with Gasteiger partial charge in [-0.1, -0.05) is 6.07 Å². The Labute approximate surface area is 159 Å². The van der Waals surface area contributed by atoms with E-state index < -0.39 is 12.6 Å². The Hall–Kier alpha value is -3.94. The van der Waals surface area contributed by atoms with Gasteiger partial charge in [0.1, 0.15) is 29.3 Å². The normalized spacial score (nSPS) is 10.7. The predicted octanol–water partition coefficient (Wildman–Crippen LogP) is 3.33. The number of carbonyl (C=O) groups is 1. The van der Waals surface area contributed by atoms with Gasteiger partial charge in [0.15, 0.2) is 12.2 Å². The maximum absolute atomic E-state index is 10.5. The van der Waals surface area contributed by atoms with Crippen LogP contribution in [0.1, 0.15) is 5.69 Å². The maximum atomic E-state index is 10.5. The molecule has 3 aromatic heterocycles. The van der Waals surface area contributed by atoms with E-state index in [-0.39, 0.29) is 6.61 Å². The number of pyridine rings is 2. The van der Waals surface area contributed by atoms with E-state index in [1.54, 1.807) is 36.5 Å². The first-order valence-corrected chi connectivity index (χ1v) is 8.42. The third-order valence-corrected chi connectivity index (χ3v) is 3.79. The largest absolute Gasteiger partial charge is 0.487 e. The Morgan fingerprint density at radius 1 is 1.04 bits per heavy atom. The van der Waals surface area contributed by atoms with Crippen LogP contribution in [0.15, 0.2) is 65.3 Å². The number of hydrogen-bond donors (Lipinski definition) is 1. The van der Waals surface area contributed by atoms with Gasteiger partial charge < -0.3 is 19.0 Å². The van der Waals surface area contributed by atoms with Crippen molar-refractivity contribution in [2.24, 2.45) is 0 Å². The van der Waals surface area contributed by atoms with Crippen LogP contribution in [0.3, 0.4) is 0 Å². The molecule has 0 unspecified atom stereocenters. The number of carboxylic acid groups (broad SMARTS) is 1. The summed E-state index contributed by atoms with van der Waals surface area (Å²) in [4.78, 5) is 23.4. The number of rotatable bonds is 7. The molecule has 8 nitrogen and oxygen atoms in total. The van der Waals surface area contributed by atoms with Crippen LogP contribution in [0.25, 0.3) is 22.7 Å². The molecular weight excluding hydrogens is 362 g/mol. The highest BCUT2D eigenvalue weighted by atomic mass is 16.5. The minimum atomic E-state index is -1.04. The summed E-state index contributed by atoms with van der Waals surface area (Å²) in [6, 6.07) is 14.3. The number of ether oxygens (including phenoxy) is 2. The molecule has 3 heterocycles. The van der Waals surface area contributed by atoms with Crippen molar-refractivity contribution in [2.45, 2.75) is 6.61 Å². The zero-order valence-corrected chi connectivity index (χ0v) is 14.6. The third kappa shape index (κ3) is 4.07. The summed E-state index contributed by atoms with van der Waals surface area (Å²) >= 11 is 0. The number of aromatic nitrogens is 3. The number of benzene rings is 1. The van der Waals surface area contributed by atoms with Crippen LogP contribution >= 0.6 is 0 Å². The first kappa shape index (κ1) is 17.5. The number of nitrogens with zero attached hydrogens (tertiary/aromatic N) is 3. The number of oxazole rings is 1. The maximum Gasteiger partial charge on any atom is 0.341 e. The highest BCUT2D eigenvalue weighted by Gasteiger charge is 2.10. The van der Waals surface area contributed by atoms with Gasteiger partial charge >= 0.3 is 5.97 Å². The lowest BCUT2D eigenvalue weighted by atomic mass is 10.3. The van der Waals surface area contributed by atoms with Crippen LogP contribution in [-0.4, -0.2) is 32.6 Å². The molecule has 1 aromatic carbocycles. The zero-order chi connectivity index (χ0) is 19.3. The van der Waals surface area contributed by atoms with Crippen molar-refractivity contribution in [2.75, 3.05) is 6.61 Å². The van der Waals surface area contributed by atoms with E-state index in [1.807, 2.05) is 18.2 Å². The van der Waals surface area contributed by atoms with Crippen molar-refractivity contribution in [1.29, 1.82) is 0 Å². The fraction of sp³-hybridized carbons (Fsp3) is 0.100. The fourth-order valence-corrected chi connectivity index (χ4v) is 2.48. The van der Waals surface area contributed by atoms with Gasteiger partial charge in [-0.3, -0.25) is 9.97 Å². The van der Waals surface area contributed by atoms with Gasteiger partial charge in [0.25, 0.3) is 0 Å². The lowest BCUT2D eigenvalue weighted by Gasteiger charge is -2.06. The van der Waals surface area contributed by atoms with Crippen molar-refractivity contribution in [3.8, 4) is 23.1 Å². The summed E-state index contributed by atoms with van der Waals surface area (Å²) in [6.45, 7) is -0.161. The van der Waals surface area contributed by atoms with Gasteiger partial charge in [-0.05, 0) is 36.4 Å². The van der Waals surface area contributed by atoms with E-state index >= 15 is 0 Å². The molecule has 1 N–H and O–H groups in total. The van der Waals surface area contributed by atoms with Gasteiger partial charge in [-0.15, -0.1) is 0 Å². The second-order valence-corrected chi connectivity index (χ2v) is 5.82. The predicted molar refractivity (Wildman–Crippen MR) is 98.9 cm³/mol. The molecule has 0 fully saturated rings. The Bertz CT molecular complexity index is 1090. The standard InChI is InChI=1S/C20H15N3O5/c24-19(25)12-27-15-5-4-13(22-10-15)11-26-14-6-7-18-17(9-14)23-20(28-18)16-3-1-2-8-21-16/h1-10H,11-12H2,(H,24,25). The van der Waals surface area contributed by atoms with E-state index in [1.165, 1.54) is 6.20 Å². The van der Waals surface area contributed by atoms with Crippen molar-refractivity contribution in [3.63, 3.8) is 0 Å². The Kier molecular flexibility index (Phi) is 4.83. The molecule has 0 saturated carbocycles. The quantitative estimate of drug-likeness (QED) is 0.522. The number of fused-ring (bicyclic) bond motifs is 1. The lowest BCUT2D eigenvalue weighted by Crippen LogP contribution is -2.09. The van der Waals surface area contributed by atoms with E-state index in [4.69, 9.17) is 19.0 Å². The SMILES string of the molecule is O=C(O)COc1ccc(COc2ccc3oc(-c4ccccn4)nc3c2)nc1. The minimum Gasteiger partial charge on any atom is -0.487 e. The van der Waals surface area contributed by atoms with Crippen LogP contribution in [0.5, 0.6) is 11.5 Å². The number of hydrogen-bond acceptors (Lipinski definition) is 7. The third-order valence-electron chi connectivity index (χ3n) is 3.79. The van der Waals surface area contributed by atoms with Crippen LogP contribution in [0.2, 0.25) is 0 Å².